The molecule has 1 atom stereocenters. The second-order valence-corrected chi connectivity index (χ2v) is 9.73. The minimum Gasteiger partial charge on any atom is -0.497 e. The summed E-state index contributed by atoms with van der Waals surface area (Å²) >= 11 is 4.79. The second kappa shape index (κ2) is 11.1. The second-order valence-electron chi connectivity index (χ2n) is 7.86. The van der Waals surface area contributed by atoms with Gasteiger partial charge < -0.3 is 14.2 Å². The minimum atomic E-state index is -0.672. The summed E-state index contributed by atoms with van der Waals surface area (Å²) in [5.41, 5.74) is 2.20. The highest BCUT2D eigenvalue weighted by atomic mass is 79.9. The van der Waals surface area contributed by atoms with Gasteiger partial charge in [0.1, 0.15) is 18.1 Å². The number of allylic oxidation sites excluding steroid dienone is 1. The molecule has 1 aliphatic heterocycles. The number of esters is 1. The molecule has 0 saturated carbocycles. The summed E-state index contributed by atoms with van der Waals surface area (Å²) in [6.07, 6.45) is 3.48. The number of fused-ring (bicyclic) bond motifs is 1. The number of thiazole rings is 1. The molecule has 9 heteroatoms. The van der Waals surface area contributed by atoms with E-state index in [2.05, 4.69) is 27.5 Å². The number of benzene rings is 2. The molecular weight excluding hydrogens is 544 g/mol. The monoisotopic (exact) mass is 568 g/mol. The molecule has 186 valence electrons. The fraction of sp³-hybridized carbons (Fsp3) is 0.222. The molecular formula is C27H25BrN2O5S. The molecule has 1 aliphatic rings. The predicted molar refractivity (Wildman–Crippen MR) is 143 cm³/mol. The molecule has 0 aliphatic carbocycles. The molecule has 3 aromatic rings. The normalized spacial score (nSPS) is 15.2. The van der Waals surface area contributed by atoms with Crippen LogP contribution in [0.5, 0.6) is 11.5 Å². The van der Waals surface area contributed by atoms with Crippen LogP contribution in [0, 0.1) is 0 Å². The summed E-state index contributed by atoms with van der Waals surface area (Å²) in [5.74, 6) is 0.867. The Morgan fingerprint density at radius 2 is 2.00 bits per heavy atom. The third kappa shape index (κ3) is 5.08. The number of ether oxygens (including phenoxy) is 3. The summed E-state index contributed by atoms with van der Waals surface area (Å²) in [5, 5.41) is 0. The van der Waals surface area contributed by atoms with Crippen molar-refractivity contribution in [3.63, 3.8) is 0 Å². The highest BCUT2D eigenvalue weighted by Gasteiger charge is 2.33. The van der Waals surface area contributed by atoms with E-state index in [1.54, 1.807) is 49.8 Å². The summed E-state index contributed by atoms with van der Waals surface area (Å²) in [6.45, 7) is 7.78. The zero-order valence-electron chi connectivity index (χ0n) is 20.1. The van der Waals surface area contributed by atoms with E-state index < -0.39 is 12.0 Å². The van der Waals surface area contributed by atoms with Crippen molar-refractivity contribution in [1.82, 2.24) is 4.57 Å². The predicted octanol–water partition coefficient (Wildman–Crippen LogP) is 4.13. The quantitative estimate of drug-likeness (QED) is 0.301. The van der Waals surface area contributed by atoms with Crippen LogP contribution >= 0.6 is 27.3 Å². The van der Waals surface area contributed by atoms with E-state index in [4.69, 9.17) is 14.2 Å². The van der Waals surface area contributed by atoms with Gasteiger partial charge in [0, 0.05) is 0 Å². The van der Waals surface area contributed by atoms with Crippen LogP contribution in [0.25, 0.3) is 6.08 Å². The lowest BCUT2D eigenvalue weighted by molar-refractivity contribution is -0.139. The van der Waals surface area contributed by atoms with Crippen molar-refractivity contribution in [2.45, 2.75) is 19.9 Å². The standard InChI is InChI=1S/C27H25BrN2O5S/c1-5-13-35-21-12-7-17(14-20(21)28)15-22-25(31)30-24(18-8-10-19(33-4)11-9-18)23(26(32)34-6-2)16(3)29-27(30)36-22/h5,7-12,14-15,24H,1,6,13H2,2-4H3/b22-15+/t24-/m1/s1. The number of carbonyl (C=O) groups excluding carboxylic acids is 1. The number of nitrogens with zero attached hydrogens (tertiary/aromatic N) is 2. The molecule has 0 bridgehead atoms. The van der Waals surface area contributed by atoms with E-state index in [0.29, 0.717) is 38.7 Å². The first-order valence-corrected chi connectivity index (χ1v) is 12.9. The molecule has 0 unspecified atom stereocenters. The van der Waals surface area contributed by atoms with E-state index in [-0.39, 0.29) is 12.2 Å². The molecule has 0 fully saturated rings. The Hall–Kier alpha value is -3.43. The number of aromatic nitrogens is 1. The van der Waals surface area contributed by atoms with Crippen molar-refractivity contribution >= 4 is 39.3 Å². The van der Waals surface area contributed by atoms with Crippen LogP contribution in [0.4, 0.5) is 0 Å². The number of hydrogen-bond donors (Lipinski definition) is 0. The van der Waals surface area contributed by atoms with Crippen molar-refractivity contribution in [1.29, 1.82) is 0 Å². The smallest absolute Gasteiger partial charge is 0.338 e. The zero-order valence-corrected chi connectivity index (χ0v) is 22.5. The maximum atomic E-state index is 13.7. The van der Waals surface area contributed by atoms with Crippen LogP contribution in [0.15, 0.2) is 80.6 Å². The molecule has 36 heavy (non-hydrogen) atoms. The topological polar surface area (TPSA) is 79.1 Å². The van der Waals surface area contributed by atoms with Gasteiger partial charge >= 0.3 is 5.97 Å². The number of methoxy groups -OCH3 is 1. The van der Waals surface area contributed by atoms with Gasteiger partial charge in [0.05, 0.1) is 40.0 Å². The van der Waals surface area contributed by atoms with E-state index in [0.717, 1.165) is 15.6 Å². The van der Waals surface area contributed by atoms with Crippen LogP contribution < -0.4 is 24.4 Å². The third-order valence-corrected chi connectivity index (χ3v) is 7.16. The van der Waals surface area contributed by atoms with Gasteiger partial charge in [0.15, 0.2) is 4.80 Å². The Morgan fingerprint density at radius 3 is 2.64 bits per heavy atom. The first-order valence-electron chi connectivity index (χ1n) is 11.2. The summed E-state index contributed by atoms with van der Waals surface area (Å²) < 4.78 is 19.1. The highest BCUT2D eigenvalue weighted by molar-refractivity contribution is 9.10. The van der Waals surface area contributed by atoms with Crippen molar-refractivity contribution in [3.8, 4) is 11.5 Å². The van der Waals surface area contributed by atoms with Crippen molar-refractivity contribution < 1.29 is 19.0 Å². The minimum absolute atomic E-state index is 0.219. The first-order chi connectivity index (χ1) is 17.4. The zero-order chi connectivity index (χ0) is 25.8. The molecule has 4 rings (SSSR count). The molecule has 2 heterocycles. The molecule has 0 N–H and O–H groups in total. The lowest BCUT2D eigenvalue weighted by atomic mass is 9.96. The van der Waals surface area contributed by atoms with Crippen LogP contribution in [0.3, 0.4) is 0 Å². The van der Waals surface area contributed by atoms with Gasteiger partial charge in [0.2, 0.25) is 0 Å². The van der Waals surface area contributed by atoms with Gasteiger partial charge in [-0.05, 0) is 71.2 Å². The molecule has 0 amide bonds. The molecule has 0 spiro atoms. The Kier molecular flexibility index (Phi) is 7.91. The van der Waals surface area contributed by atoms with Crippen LogP contribution in [0.1, 0.15) is 31.0 Å². The van der Waals surface area contributed by atoms with Crippen molar-refractivity contribution in [3.05, 3.63) is 102 Å². The summed E-state index contributed by atoms with van der Waals surface area (Å²) in [6, 6.07) is 12.2. The lowest BCUT2D eigenvalue weighted by Gasteiger charge is -2.24. The Balaban J connectivity index is 1.86. The van der Waals surface area contributed by atoms with Gasteiger partial charge in [-0.1, -0.05) is 42.2 Å². The highest BCUT2D eigenvalue weighted by Crippen LogP contribution is 2.31. The third-order valence-electron chi connectivity index (χ3n) is 5.56. The van der Waals surface area contributed by atoms with E-state index in [1.165, 1.54) is 11.3 Å². The Morgan fingerprint density at radius 1 is 1.25 bits per heavy atom. The molecule has 7 nitrogen and oxygen atoms in total. The molecule has 1 aromatic heterocycles. The van der Waals surface area contributed by atoms with Gasteiger partial charge in [-0.2, -0.15) is 0 Å². The number of halogens is 1. The van der Waals surface area contributed by atoms with Gasteiger partial charge in [-0.15, -0.1) is 0 Å². The van der Waals surface area contributed by atoms with E-state index in [1.807, 2.05) is 30.3 Å². The fourth-order valence-electron chi connectivity index (χ4n) is 3.92. The molecule has 2 aromatic carbocycles. The average molecular weight is 569 g/mol. The largest absolute Gasteiger partial charge is 0.497 e. The summed E-state index contributed by atoms with van der Waals surface area (Å²) in [4.78, 5) is 31.8. The van der Waals surface area contributed by atoms with Gasteiger partial charge in [0.25, 0.3) is 5.56 Å². The maximum Gasteiger partial charge on any atom is 0.338 e. The van der Waals surface area contributed by atoms with Crippen LogP contribution in [-0.2, 0) is 9.53 Å². The molecule has 0 saturated heterocycles. The lowest BCUT2D eigenvalue weighted by Crippen LogP contribution is -2.39. The fourth-order valence-corrected chi connectivity index (χ4v) is 5.47. The number of rotatable bonds is 8. The number of hydrogen-bond acceptors (Lipinski definition) is 7. The Labute approximate surface area is 220 Å². The van der Waals surface area contributed by atoms with E-state index in [9.17, 15) is 9.59 Å². The maximum absolute atomic E-state index is 13.7. The first kappa shape index (κ1) is 25.7. The SMILES string of the molecule is C=CCOc1ccc(/C=c2/sc3n(c2=O)[C@H](c2ccc(OC)cc2)C(C(=O)OCC)=C(C)N=3)cc1Br. The van der Waals surface area contributed by atoms with E-state index >= 15 is 0 Å². The van der Waals surface area contributed by atoms with Crippen molar-refractivity contribution in [2.75, 3.05) is 20.3 Å². The Bertz CT molecular complexity index is 1520. The molecule has 0 radical (unpaired) electrons. The van der Waals surface area contributed by atoms with Crippen LogP contribution in [-0.4, -0.2) is 30.9 Å². The average Bonchev–Trinajstić information content (AvgIpc) is 3.17. The summed E-state index contributed by atoms with van der Waals surface area (Å²) in [7, 11) is 1.59. The number of carbonyl (C=O) groups is 1. The van der Waals surface area contributed by atoms with Crippen LogP contribution in [0.2, 0.25) is 0 Å². The van der Waals surface area contributed by atoms with Gasteiger partial charge in [-0.3, -0.25) is 9.36 Å². The van der Waals surface area contributed by atoms with Gasteiger partial charge in [-0.25, -0.2) is 9.79 Å². The van der Waals surface area contributed by atoms with Crippen molar-refractivity contribution in [2.24, 2.45) is 4.99 Å².